The largest absolute Gasteiger partial charge is 0.0906 e. The van der Waals surface area contributed by atoms with Crippen LogP contribution in [0.2, 0.25) is 0 Å². The van der Waals surface area contributed by atoms with E-state index < -0.39 is 0 Å². The molecule has 0 amide bonds. The first kappa shape index (κ1) is 13.3. The Labute approximate surface area is 87.5 Å². The molecule has 3 heteroatoms. The minimum absolute atomic E-state index is 0.247. The number of azide groups is 1. The van der Waals surface area contributed by atoms with Crippen molar-refractivity contribution in [2.75, 3.05) is 0 Å². The van der Waals surface area contributed by atoms with Crippen LogP contribution in [0.15, 0.2) is 5.11 Å². The van der Waals surface area contributed by atoms with Gasteiger partial charge in [-0.25, -0.2) is 0 Å². The Morgan fingerprint density at radius 1 is 1.00 bits per heavy atom. The third-order valence-electron chi connectivity index (χ3n) is 2.50. The number of unbranched alkanes of at least 4 members (excludes halogenated alkanes) is 4. The molecule has 82 valence electrons. The molecule has 0 bridgehead atoms. The van der Waals surface area contributed by atoms with E-state index in [1.807, 2.05) is 0 Å². The van der Waals surface area contributed by atoms with Gasteiger partial charge < -0.3 is 0 Å². The van der Waals surface area contributed by atoms with Crippen molar-refractivity contribution in [2.24, 2.45) is 5.11 Å². The summed E-state index contributed by atoms with van der Waals surface area (Å²) in [5.41, 5.74) is 8.40. The molecule has 0 rings (SSSR count). The number of hydrogen-bond acceptors (Lipinski definition) is 1. The van der Waals surface area contributed by atoms with Crippen LogP contribution in [0.25, 0.3) is 10.4 Å². The van der Waals surface area contributed by atoms with Crippen LogP contribution in [0.3, 0.4) is 0 Å². The van der Waals surface area contributed by atoms with E-state index in [0.29, 0.717) is 0 Å². The summed E-state index contributed by atoms with van der Waals surface area (Å²) in [5, 5.41) is 3.84. The van der Waals surface area contributed by atoms with Crippen LogP contribution < -0.4 is 0 Å². The maximum Gasteiger partial charge on any atom is 0.0374 e. The zero-order valence-electron chi connectivity index (χ0n) is 9.58. The van der Waals surface area contributed by atoms with E-state index in [9.17, 15) is 0 Å². The highest BCUT2D eigenvalue weighted by atomic mass is 15.1. The Bertz CT molecular complexity index is 162. The fourth-order valence-corrected chi connectivity index (χ4v) is 1.58. The fraction of sp³-hybridized carbons (Fsp3) is 1.00. The summed E-state index contributed by atoms with van der Waals surface area (Å²) in [6, 6.07) is 0.247. The highest BCUT2D eigenvalue weighted by Crippen LogP contribution is 2.13. The smallest absolute Gasteiger partial charge is 0.0374 e. The Morgan fingerprint density at radius 3 is 2.21 bits per heavy atom. The molecule has 14 heavy (non-hydrogen) atoms. The lowest BCUT2D eigenvalue weighted by molar-refractivity contribution is 0.503. The normalized spacial score (nSPS) is 12.1. The van der Waals surface area contributed by atoms with Crippen LogP contribution in [0.1, 0.15) is 65.2 Å². The van der Waals surface area contributed by atoms with Gasteiger partial charge in [0.2, 0.25) is 0 Å². The summed E-state index contributed by atoms with van der Waals surface area (Å²) in [6.45, 7) is 4.38. The molecule has 0 fully saturated rings. The van der Waals surface area contributed by atoms with E-state index in [-0.39, 0.29) is 6.04 Å². The van der Waals surface area contributed by atoms with Crippen molar-refractivity contribution >= 4 is 0 Å². The molecule has 0 N–H and O–H groups in total. The first-order valence-corrected chi connectivity index (χ1v) is 5.89. The average Bonchev–Trinajstić information content (AvgIpc) is 2.20. The lowest BCUT2D eigenvalue weighted by atomic mass is 10.0. The molecule has 3 nitrogen and oxygen atoms in total. The summed E-state index contributed by atoms with van der Waals surface area (Å²) in [5.74, 6) is 0. The second kappa shape index (κ2) is 10.4. The summed E-state index contributed by atoms with van der Waals surface area (Å²) in [6.07, 6.45) is 9.56. The molecule has 0 aromatic heterocycles. The molecular weight excluding hydrogens is 174 g/mol. The van der Waals surface area contributed by atoms with Crippen molar-refractivity contribution in [3.63, 3.8) is 0 Å². The van der Waals surface area contributed by atoms with Crippen molar-refractivity contribution in [3.05, 3.63) is 10.4 Å². The molecule has 0 aliphatic carbocycles. The van der Waals surface area contributed by atoms with Crippen molar-refractivity contribution in [1.29, 1.82) is 0 Å². The maximum atomic E-state index is 8.40. The van der Waals surface area contributed by atoms with Gasteiger partial charge in [-0.2, -0.15) is 0 Å². The summed E-state index contributed by atoms with van der Waals surface area (Å²) in [7, 11) is 0. The second-order valence-electron chi connectivity index (χ2n) is 3.85. The highest BCUT2D eigenvalue weighted by Gasteiger charge is 2.04. The molecule has 0 saturated carbocycles. The Hall–Kier alpha value is -0.690. The van der Waals surface area contributed by atoms with Gasteiger partial charge in [-0.05, 0) is 18.4 Å². The van der Waals surface area contributed by atoms with Gasteiger partial charge in [-0.15, -0.1) is 0 Å². The van der Waals surface area contributed by atoms with Crippen LogP contribution in [0, 0.1) is 0 Å². The van der Waals surface area contributed by atoms with Crippen molar-refractivity contribution in [2.45, 2.75) is 71.3 Å². The fourth-order valence-electron chi connectivity index (χ4n) is 1.58. The van der Waals surface area contributed by atoms with E-state index in [1.165, 1.54) is 38.5 Å². The van der Waals surface area contributed by atoms with Crippen molar-refractivity contribution in [3.8, 4) is 0 Å². The second-order valence-corrected chi connectivity index (χ2v) is 3.85. The van der Waals surface area contributed by atoms with E-state index >= 15 is 0 Å². The van der Waals surface area contributed by atoms with E-state index in [0.717, 1.165) is 12.8 Å². The topological polar surface area (TPSA) is 48.8 Å². The molecule has 0 aliphatic rings. The first-order valence-electron chi connectivity index (χ1n) is 5.89. The third-order valence-corrected chi connectivity index (χ3v) is 2.50. The molecule has 0 unspecified atom stereocenters. The van der Waals surface area contributed by atoms with E-state index in [4.69, 9.17) is 5.53 Å². The molecule has 0 radical (unpaired) electrons. The lowest BCUT2D eigenvalue weighted by Crippen LogP contribution is -2.02. The minimum atomic E-state index is 0.247. The molecule has 0 heterocycles. The van der Waals surface area contributed by atoms with Crippen LogP contribution in [-0.2, 0) is 0 Å². The standard InChI is InChI=1S/C11H23N3/c1-3-5-7-8-10-11(13-14-12)9-6-4-2/h11H,3-10H2,1-2H3/t11-/m0/s1. The zero-order valence-corrected chi connectivity index (χ0v) is 9.58. The van der Waals surface area contributed by atoms with E-state index in [2.05, 4.69) is 23.9 Å². The SMILES string of the molecule is CCCCCC[C@H](CCCC)N=[N+]=[N-]. The van der Waals surface area contributed by atoms with Crippen LogP contribution in [0.5, 0.6) is 0 Å². The number of nitrogens with zero attached hydrogens (tertiary/aromatic N) is 3. The highest BCUT2D eigenvalue weighted by molar-refractivity contribution is 4.66. The van der Waals surface area contributed by atoms with E-state index in [1.54, 1.807) is 0 Å². The van der Waals surface area contributed by atoms with Gasteiger partial charge >= 0.3 is 0 Å². The maximum absolute atomic E-state index is 8.40. The van der Waals surface area contributed by atoms with Gasteiger partial charge in [0.25, 0.3) is 0 Å². The summed E-state index contributed by atoms with van der Waals surface area (Å²) in [4.78, 5) is 2.91. The lowest BCUT2D eigenvalue weighted by Gasteiger charge is -2.09. The predicted octanol–water partition coefficient (Wildman–Crippen LogP) is 4.83. The van der Waals surface area contributed by atoms with Crippen LogP contribution >= 0.6 is 0 Å². The molecule has 0 spiro atoms. The van der Waals surface area contributed by atoms with Gasteiger partial charge in [0.15, 0.2) is 0 Å². The summed E-state index contributed by atoms with van der Waals surface area (Å²) < 4.78 is 0. The Balaban J connectivity index is 3.56. The van der Waals surface area contributed by atoms with Gasteiger partial charge in [-0.1, -0.05) is 57.5 Å². The van der Waals surface area contributed by atoms with Gasteiger partial charge in [-0.3, -0.25) is 0 Å². The molecule has 0 aromatic rings. The molecule has 0 saturated heterocycles. The monoisotopic (exact) mass is 197 g/mol. The molecule has 0 aromatic carbocycles. The van der Waals surface area contributed by atoms with Crippen molar-refractivity contribution < 1.29 is 0 Å². The number of rotatable bonds is 9. The zero-order chi connectivity index (χ0) is 10.6. The Morgan fingerprint density at radius 2 is 1.64 bits per heavy atom. The van der Waals surface area contributed by atoms with Gasteiger partial charge in [0, 0.05) is 11.0 Å². The molecule has 0 aliphatic heterocycles. The number of hydrogen-bond donors (Lipinski definition) is 0. The third kappa shape index (κ3) is 7.93. The van der Waals surface area contributed by atoms with Gasteiger partial charge in [0.1, 0.15) is 0 Å². The van der Waals surface area contributed by atoms with Crippen LogP contribution in [-0.4, -0.2) is 6.04 Å². The first-order chi connectivity index (χ1) is 6.85. The van der Waals surface area contributed by atoms with Crippen LogP contribution in [0.4, 0.5) is 0 Å². The van der Waals surface area contributed by atoms with Gasteiger partial charge in [0.05, 0.1) is 0 Å². The molecular formula is C11H23N3. The molecule has 1 atom stereocenters. The Kier molecular flexibility index (Phi) is 9.88. The minimum Gasteiger partial charge on any atom is -0.0906 e. The average molecular weight is 197 g/mol. The predicted molar refractivity (Wildman–Crippen MR) is 61.2 cm³/mol. The van der Waals surface area contributed by atoms with Crippen molar-refractivity contribution in [1.82, 2.24) is 0 Å². The quantitative estimate of drug-likeness (QED) is 0.220. The summed E-state index contributed by atoms with van der Waals surface area (Å²) >= 11 is 0.